The molecular weight excluding hydrogens is 290 g/mol. The van der Waals surface area contributed by atoms with Gasteiger partial charge in [0, 0.05) is 6.54 Å². The van der Waals surface area contributed by atoms with Crippen molar-refractivity contribution in [3.8, 4) is 0 Å². The summed E-state index contributed by atoms with van der Waals surface area (Å²) in [6.45, 7) is 3.42. The molecule has 6 heteroatoms. The molecule has 1 aliphatic heterocycles. The van der Waals surface area contributed by atoms with Gasteiger partial charge in [-0.2, -0.15) is 0 Å². The summed E-state index contributed by atoms with van der Waals surface area (Å²) in [7, 11) is 0. The molecule has 1 aliphatic rings. The zero-order valence-corrected chi connectivity index (χ0v) is 12.0. The molecule has 1 aromatic carbocycles. The van der Waals surface area contributed by atoms with E-state index in [1.54, 1.807) is 0 Å². The van der Waals surface area contributed by atoms with Crippen molar-refractivity contribution in [1.82, 2.24) is 5.32 Å². The van der Waals surface area contributed by atoms with Gasteiger partial charge in [0.05, 0.1) is 21.1 Å². The maximum absolute atomic E-state index is 13.1. The highest BCUT2D eigenvalue weighted by atomic mass is 35.5. The van der Waals surface area contributed by atoms with Crippen LogP contribution in [0.25, 0.3) is 0 Å². The van der Waals surface area contributed by atoms with Crippen LogP contribution in [-0.2, 0) is 4.79 Å². The molecule has 1 aromatic rings. The summed E-state index contributed by atoms with van der Waals surface area (Å²) in [4.78, 5) is 12.4. The second kappa shape index (κ2) is 5.65. The van der Waals surface area contributed by atoms with Gasteiger partial charge in [0.1, 0.15) is 5.82 Å². The standard InChI is InChI=1S/C13H15Cl2FN2O/c1-2-13(3-4-17-7-13)12(19)18-11-9(14)5-8(16)6-10(11)15/h5-6,17H,2-4,7H2,1H3,(H,18,19). The minimum absolute atomic E-state index is 0.107. The fourth-order valence-electron chi connectivity index (χ4n) is 2.31. The van der Waals surface area contributed by atoms with Gasteiger partial charge in [-0.3, -0.25) is 4.79 Å². The lowest BCUT2D eigenvalue weighted by Gasteiger charge is -2.25. The molecule has 19 heavy (non-hydrogen) atoms. The Kier molecular flexibility index (Phi) is 4.33. The van der Waals surface area contributed by atoms with E-state index in [1.165, 1.54) is 0 Å². The summed E-state index contributed by atoms with van der Waals surface area (Å²) in [5, 5.41) is 6.13. The monoisotopic (exact) mass is 304 g/mol. The van der Waals surface area contributed by atoms with Gasteiger partial charge >= 0.3 is 0 Å². The number of hydrogen-bond acceptors (Lipinski definition) is 2. The van der Waals surface area contributed by atoms with Crippen LogP contribution in [0.3, 0.4) is 0 Å². The largest absolute Gasteiger partial charge is 0.323 e. The van der Waals surface area contributed by atoms with Crippen LogP contribution in [0.15, 0.2) is 12.1 Å². The number of carbonyl (C=O) groups excluding carboxylic acids is 1. The number of halogens is 3. The van der Waals surface area contributed by atoms with Crippen molar-refractivity contribution in [3.63, 3.8) is 0 Å². The van der Waals surface area contributed by atoms with Crippen molar-refractivity contribution >= 4 is 34.8 Å². The van der Waals surface area contributed by atoms with Crippen molar-refractivity contribution in [3.05, 3.63) is 28.0 Å². The van der Waals surface area contributed by atoms with Gasteiger partial charge < -0.3 is 10.6 Å². The Morgan fingerprint density at radius 3 is 2.58 bits per heavy atom. The fraction of sp³-hybridized carbons (Fsp3) is 0.462. The minimum atomic E-state index is -0.527. The Bertz CT molecular complexity index is 478. The van der Waals surface area contributed by atoms with Crippen LogP contribution in [0.2, 0.25) is 10.0 Å². The lowest BCUT2D eigenvalue weighted by atomic mass is 9.83. The summed E-state index contributed by atoms with van der Waals surface area (Å²) >= 11 is 11.8. The predicted octanol–water partition coefficient (Wildman–Crippen LogP) is 3.46. The fourth-order valence-corrected chi connectivity index (χ4v) is 2.86. The number of nitrogens with one attached hydrogen (secondary N) is 2. The molecule has 1 heterocycles. The number of rotatable bonds is 3. The molecule has 0 radical (unpaired) electrons. The van der Waals surface area contributed by atoms with E-state index in [2.05, 4.69) is 10.6 Å². The van der Waals surface area contributed by atoms with Gasteiger partial charge in [0.15, 0.2) is 0 Å². The average Bonchev–Trinajstić information content (AvgIpc) is 2.83. The topological polar surface area (TPSA) is 41.1 Å². The highest BCUT2D eigenvalue weighted by molar-refractivity contribution is 6.39. The van der Waals surface area contributed by atoms with Crippen LogP contribution < -0.4 is 10.6 Å². The van der Waals surface area contributed by atoms with E-state index in [0.717, 1.165) is 31.5 Å². The van der Waals surface area contributed by atoms with E-state index in [1.807, 2.05) is 6.92 Å². The molecule has 3 nitrogen and oxygen atoms in total. The van der Waals surface area contributed by atoms with Crippen LogP contribution >= 0.6 is 23.2 Å². The Labute approximate surface area is 121 Å². The molecule has 0 aliphatic carbocycles. The van der Waals surface area contributed by atoms with E-state index in [4.69, 9.17) is 23.2 Å². The van der Waals surface area contributed by atoms with Gasteiger partial charge in [-0.25, -0.2) is 4.39 Å². The van der Waals surface area contributed by atoms with Crippen molar-refractivity contribution < 1.29 is 9.18 Å². The van der Waals surface area contributed by atoms with Crippen LogP contribution in [0.1, 0.15) is 19.8 Å². The first kappa shape index (κ1) is 14.6. The molecule has 0 spiro atoms. The van der Waals surface area contributed by atoms with Crippen molar-refractivity contribution in [2.75, 3.05) is 18.4 Å². The molecule has 1 atom stereocenters. The molecule has 2 rings (SSSR count). The number of benzene rings is 1. The quantitative estimate of drug-likeness (QED) is 0.898. The first-order valence-electron chi connectivity index (χ1n) is 6.15. The highest BCUT2D eigenvalue weighted by Crippen LogP contribution is 2.35. The zero-order chi connectivity index (χ0) is 14.0. The Hall–Kier alpha value is -0.840. The van der Waals surface area contributed by atoms with Crippen molar-refractivity contribution in [2.45, 2.75) is 19.8 Å². The van der Waals surface area contributed by atoms with Crippen LogP contribution in [0, 0.1) is 11.2 Å². The molecule has 0 aromatic heterocycles. The van der Waals surface area contributed by atoms with Gasteiger partial charge in [0.2, 0.25) is 5.91 Å². The van der Waals surface area contributed by atoms with E-state index in [0.29, 0.717) is 6.54 Å². The van der Waals surface area contributed by atoms with Gasteiger partial charge in [-0.1, -0.05) is 30.1 Å². The van der Waals surface area contributed by atoms with E-state index >= 15 is 0 Å². The second-order valence-corrected chi connectivity index (χ2v) is 5.57. The molecule has 1 amide bonds. The third-order valence-electron chi connectivity index (χ3n) is 3.65. The lowest BCUT2D eigenvalue weighted by molar-refractivity contribution is -0.124. The zero-order valence-electron chi connectivity index (χ0n) is 10.5. The third kappa shape index (κ3) is 2.86. The SMILES string of the molecule is CCC1(C(=O)Nc2c(Cl)cc(F)cc2Cl)CCNC1. The highest BCUT2D eigenvalue weighted by Gasteiger charge is 2.39. The smallest absolute Gasteiger partial charge is 0.231 e. The Morgan fingerprint density at radius 2 is 2.11 bits per heavy atom. The number of amides is 1. The van der Waals surface area contributed by atoms with Gasteiger partial charge in [0.25, 0.3) is 0 Å². The van der Waals surface area contributed by atoms with E-state index < -0.39 is 11.2 Å². The molecule has 1 saturated heterocycles. The van der Waals surface area contributed by atoms with Crippen molar-refractivity contribution in [2.24, 2.45) is 5.41 Å². The maximum atomic E-state index is 13.1. The molecule has 1 fully saturated rings. The van der Waals surface area contributed by atoms with Crippen LogP contribution in [-0.4, -0.2) is 19.0 Å². The minimum Gasteiger partial charge on any atom is -0.323 e. The molecule has 0 bridgehead atoms. The normalized spacial score (nSPS) is 22.5. The van der Waals surface area contributed by atoms with Gasteiger partial charge in [-0.05, 0) is 31.5 Å². The number of carbonyl (C=O) groups is 1. The average molecular weight is 305 g/mol. The summed E-state index contributed by atoms with van der Waals surface area (Å²) < 4.78 is 13.1. The molecular formula is C13H15Cl2FN2O. The summed E-state index contributed by atoms with van der Waals surface area (Å²) in [6, 6.07) is 2.27. The summed E-state index contributed by atoms with van der Waals surface area (Å²) in [5.41, 5.74) is -0.171. The molecule has 104 valence electrons. The second-order valence-electron chi connectivity index (χ2n) is 4.76. The molecule has 2 N–H and O–H groups in total. The number of hydrogen-bond donors (Lipinski definition) is 2. The maximum Gasteiger partial charge on any atom is 0.231 e. The first-order chi connectivity index (χ1) is 8.98. The van der Waals surface area contributed by atoms with E-state index in [-0.39, 0.29) is 21.6 Å². The summed E-state index contributed by atoms with van der Waals surface area (Å²) in [5.74, 6) is -0.656. The Balaban J connectivity index is 2.24. The first-order valence-corrected chi connectivity index (χ1v) is 6.91. The molecule has 0 saturated carbocycles. The van der Waals surface area contributed by atoms with Crippen LogP contribution in [0.4, 0.5) is 10.1 Å². The Morgan fingerprint density at radius 1 is 1.47 bits per heavy atom. The number of anilines is 1. The van der Waals surface area contributed by atoms with Crippen LogP contribution in [0.5, 0.6) is 0 Å². The third-order valence-corrected chi connectivity index (χ3v) is 4.24. The predicted molar refractivity (Wildman–Crippen MR) is 75.3 cm³/mol. The lowest BCUT2D eigenvalue weighted by Crippen LogP contribution is -2.37. The van der Waals surface area contributed by atoms with E-state index in [9.17, 15) is 9.18 Å². The molecule has 1 unspecified atom stereocenters. The van der Waals surface area contributed by atoms with Crippen molar-refractivity contribution in [1.29, 1.82) is 0 Å². The summed E-state index contributed by atoms with van der Waals surface area (Å²) in [6.07, 6.45) is 1.49. The van der Waals surface area contributed by atoms with Gasteiger partial charge in [-0.15, -0.1) is 0 Å².